The van der Waals surface area contributed by atoms with Gasteiger partial charge < -0.3 is 10.6 Å². The standard InChI is InChI=1S/C21H23FN4/c1-14(2)16-8-10-18(11-9-16)26-21-12-20(24-15(3)25-21)23-13-17-6-4-5-7-19(17)22/h4-12,14H,13H2,1-3H3,(H2,23,24,25,26). The van der Waals surface area contributed by atoms with Gasteiger partial charge in [0.15, 0.2) is 0 Å². The number of hydrogen-bond donors (Lipinski definition) is 2. The molecule has 1 aromatic heterocycles. The summed E-state index contributed by atoms with van der Waals surface area (Å²) in [6, 6.07) is 16.8. The summed E-state index contributed by atoms with van der Waals surface area (Å²) >= 11 is 0. The van der Waals surface area contributed by atoms with Crippen molar-refractivity contribution in [2.75, 3.05) is 10.6 Å². The minimum Gasteiger partial charge on any atom is -0.366 e. The van der Waals surface area contributed by atoms with Crippen molar-refractivity contribution in [1.82, 2.24) is 9.97 Å². The van der Waals surface area contributed by atoms with Crippen molar-refractivity contribution in [3.05, 3.63) is 77.4 Å². The van der Waals surface area contributed by atoms with Gasteiger partial charge in [0.25, 0.3) is 0 Å². The predicted molar refractivity (Wildman–Crippen MR) is 104 cm³/mol. The van der Waals surface area contributed by atoms with Gasteiger partial charge in [0, 0.05) is 23.9 Å². The molecule has 0 aliphatic carbocycles. The van der Waals surface area contributed by atoms with Crippen molar-refractivity contribution in [2.45, 2.75) is 33.2 Å². The zero-order valence-electron chi connectivity index (χ0n) is 15.3. The molecule has 0 saturated heterocycles. The minimum atomic E-state index is -0.227. The monoisotopic (exact) mass is 350 g/mol. The third-order valence-corrected chi connectivity index (χ3v) is 4.11. The van der Waals surface area contributed by atoms with Crippen LogP contribution in [0.2, 0.25) is 0 Å². The fourth-order valence-corrected chi connectivity index (χ4v) is 2.65. The van der Waals surface area contributed by atoms with E-state index in [4.69, 9.17) is 0 Å². The van der Waals surface area contributed by atoms with Crippen LogP contribution >= 0.6 is 0 Å². The van der Waals surface area contributed by atoms with E-state index < -0.39 is 0 Å². The topological polar surface area (TPSA) is 49.8 Å². The quantitative estimate of drug-likeness (QED) is 0.625. The van der Waals surface area contributed by atoms with Crippen molar-refractivity contribution >= 4 is 17.3 Å². The lowest BCUT2D eigenvalue weighted by molar-refractivity contribution is 0.613. The first-order chi connectivity index (χ1) is 12.5. The van der Waals surface area contributed by atoms with Crippen LogP contribution in [0.25, 0.3) is 0 Å². The molecule has 26 heavy (non-hydrogen) atoms. The molecule has 3 rings (SSSR count). The van der Waals surface area contributed by atoms with E-state index in [9.17, 15) is 4.39 Å². The maximum absolute atomic E-state index is 13.7. The van der Waals surface area contributed by atoms with E-state index in [2.05, 4.69) is 46.6 Å². The molecule has 0 fully saturated rings. The Morgan fingerprint density at radius 2 is 1.65 bits per heavy atom. The molecule has 5 heteroatoms. The Labute approximate surface area is 153 Å². The normalized spacial score (nSPS) is 10.8. The third-order valence-electron chi connectivity index (χ3n) is 4.11. The van der Waals surface area contributed by atoms with Crippen LogP contribution in [-0.4, -0.2) is 9.97 Å². The molecule has 0 aliphatic heterocycles. The van der Waals surface area contributed by atoms with Gasteiger partial charge in [-0.1, -0.05) is 44.2 Å². The molecule has 4 nitrogen and oxygen atoms in total. The number of nitrogens with zero attached hydrogens (tertiary/aromatic N) is 2. The van der Waals surface area contributed by atoms with Crippen LogP contribution in [0.3, 0.4) is 0 Å². The number of benzene rings is 2. The first kappa shape index (κ1) is 17.9. The van der Waals surface area contributed by atoms with Crippen molar-refractivity contribution in [1.29, 1.82) is 0 Å². The van der Waals surface area contributed by atoms with E-state index in [1.54, 1.807) is 12.1 Å². The predicted octanol–water partition coefficient (Wildman–Crippen LogP) is 5.40. The van der Waals surface area contributed by atoms with E-state index in [0.29, 0.717) is 35.5 Å². The molecule has 2 aromatic carbocycles. The van der Waals surface area contributed by atoms with E-state index in [1.807, 2.05) is 31.2 Å². The summed E-state index contributed by atoms with van der Waals surface area (Å²) in [6.45, 7) is 6.54. The highest BCUT2D eigenvalue weighted by atomic mass is 19.1. The average molecular weight is 350 g/mol. The molecular weight excluding hydrogens is 327 g/mol. The molecule has 0 amide bonds. The van der Waals surface area contributed by atoms with E-state index in [-0.39, 0.29) is 5.82 Å². The molecule has 0 unspecified atom stereocenters. The Morgan fingerprint density at radius 1 is 0.962 bits per heavy atom. The van der Waals surface area contributed by atoms with Gasteiger partial charge in [0.2, 0.25) is 0 Å². The average Bonchev–Trinajstić information content (AvgIpc) is 2.61. The SMILES string of the molecule is Cc1nc(NCc2ccccc2F)cc(Nc2ccc(C(C)C)cc2)n1. The number of aryl methyl sites for hydroxylation is 1. The van der Waals surface area contributed by atoms with Gasteiger partial charge in [-0.25, -0.2) is 14.4 Å². The summed E-state index contributed by atoms with van der Waals surface area (Å²) < 4.78 is 13.7. The number of anilines is 3. The molecule has 2 N–H and O–H groups in total. The minimum absolute atomic E-state index is 0.227. The third kappa shape index (κ3) is 4.57. The zero-order valence-corrected chi connectivity index (χ0v) is 15.3. The molecule has 0 spiro atoms. The second-order valence-corrected chi connectivity index (χ2v) is 6.53. The number of aromatic nitrogens is 2. The zero-order chi connectivity index (χ0) is 18.5. The van der Waals surface area contributed by atoms with E-state index in [0.717, 1.165) is 5.69 Å². The lowest BCUT2D eigenvalue weighted by Crippen LogP contribution is -2.06. The molecule has 0 aliphatic rings. The Morgan fingerprint density at radius 3 is 2.35 bits per heavy atom. The molecule has 3 aromatic rings. The lowest BCUT2D eigenvalue weighted by atomic mass is 10.0. The maximum atomic E-state index is 13.7. The van der Waals surface area contributed by atoms with Crippen molar-refractivity contribution in [2.24, 2.45) is 0 Å². The van der Waals surface area contributed by atoms with Gasteiger partial charge in [-0.05, 0) is 36.6 Å². The van der Waals surface area contributed by atoms with E-state index >= 15 is 0 Å². The fraction of sp³-hybridized carbons (Fsp3) is 0.238. The Kier molecular flexibility index (Phi) is 5.46. The highest BCUT2D eigenvalue weighted by molar-refractivity contribution is 5.59. The van der Waals surface area contributed by atoms with Gasteiger partial charge >= 0.3 is 0 Å². The number of halogens is 1. The molecule has 0 saturated carbocycles. The second-order valence-electron chi connectivity index (χ2n) is 6.53. The fourth-order valence-electron chi connectivity index (χ4n) is 2.65. The largest absolute Gasteiger partial charge is 0.366 e. The van der Waals surface area contributed by atoms with Gasteiger partial charge in [-0.3, -0.25) is 0 Å². The summed E-state index contributed by atoms with van der Waals surface area (Å²) in [6.07, 6.45) is 0. The molecule has 0 radical (unpaired) electrons. The van der Waals surface area contributed by atoms with Crippen molar-refractivity contribution in [3.8, 4) is 0 Å². The van der Waals surface area contributed by atoms with Gasteiger partial charge in [0.1, 0.15) is 23.3 Å². The van der Waals surface area contributed by atoms with Gasteiger partial charge in [-0.15, -0.1) is 0 Å². The van der Waals surface area contributed by atoms with Crippen LogP contribution < -0.4 is 10.6 Å². The maximum Gasteiger partial charge on any atom is 0.136 e. The number of nitrogens with one attached hydrogen (secondary N) is 2. The Balaban J connectivity index is 1.72. The van der Waals surface area contributed by atoms with Gasteiger partial charge in [0.05, 0.1) is 0 Å². The summed E-state index contributed by atoms with van der Waals surface area (Å²) in [5.74, 6) is 2.27. The number of hydrogen-bond acceptors (Lipinski definition) is 4. The molecule has 0 bridgehead atoms. The van der Waals surface area contributed by atoms with Crippen LogP contribution in [0.4, 0.5) is 21.7 Å². The highest BCUT2D eigenvalue weighted by Gasteiger charge is 2.05. The smallest absolute Gasteiger partial charge is 0.136 e. The van der Waals surface area contributed by atoms with Crippen LogP contribution in [0.15, 0.2) is 54.6 Å². The Bertz CT molecular complexity index is 875. The molecule has 0 atom stereocenters. The lowest BCUT2D eigenvalue weighted by Gasteiger charge is -2.12. The van der Waals surface area contributed by atoms with Gasteiger partial charge in [-0.2, -0.15) is 0 Å². The first-order valence-corrected chi connectivity index (χ1v) is 8.71. The van der Waals surface area contributed by atoms with Crippen molar-refractivity contribution < 1.29 is 4.39 Å². The summed E-state index contributed by atoms with van der Waals surface area (Å²) in [7, 11) is 0. The van der Waals surface area contributed by atoms with Crippen molar-refractivity contribution in [3.63, 3.8) is 0 Å². The molecule has 1 heterocycles. The van der Waals surface area contributed by atoms with Crippen LogP contribution in [0, 0.1) is 12.7 Å². The number of rotatable bonds is 6. The summed E-state index contributed by atoms with van der Waals surface area (Å²) in [4.78, 5) is 8.80. The first-order valence-electron chi connectivity index (χ1n) is 8.71. The molecule has 134 valence electrons. The van der Waals surface area contributed by atoms with Crippen LogP contribution in [0.1, 0.15) is 36.7 Å². The molecular formula is C21H23FN4. The van der Waals surface area contributed by atoms with E-state index in [1.165, 1.54) is 11.6 Å². The van der Waals surface area contributed by atoms with Crippen LogP contribution in [0.5, 0.6) is 0 Å². The second kappa shape index (κ2) is 7.95. The highest BCUT2D eigenvalue weighted by Crippen LogP contribution is 2.21. The summed E-state index contributed by atoms with van der Waals surface area (Å²) in [5.41, 5.74) is 2.86. The Hall–Kier alpha value is -2.95. The van der Waals surface area contributed by atoms with Crippen LogP contribution in [-0.2, 0) is 6.54 Å². The summed E-state index contributed by atoms with van der Waals surface area (Å²) in [5, 5.41) is 6.46.